The van der Waals surface area contributed by atoms with Crippen molar-refractivity contribution in [3.8, 4) is 0 Å². The maximum Gasteiger partial charge on any atom is 0.242 e. The molecule has 214 valence electrons. The fourth-order valence-electron chi connectivity index (χ4n) is 4.65. The first-order valence-corrected chi connectivity index (χ1v) is 14.6. The van der Waals surface area contributed by atoms with Crippen LogP contribution in [-0.2, 0) is 20.8 Å². The summed E-state index contributed by atoms with van der Waals surface area (Å²) in [6.07, 6.45) is 9.76. The van der Waals surface area contributed by atoms with E-state index >= 15 is 0 Å². The van der Waals surface area contributed by atoms with Crippen LogP contribution in [0.25, 0.3) is 0 Å². The maximum atomic E-state index is 12.9. The monoisotopic (exact) mass is 530 g/mol. The molecular weight excluding hydrogens is 480 g/mol. The Morgan fingerprint density at radius 2 is 1.45 bits per heavy atom. The SMILES string of the molecule is NCCCNCCCCNCCCNC(=O)[C@H](CCNC(=O)Cc1ccccc1)NC(=O)C1CCCCC1. The molecule has 1 saturated carbocycles. The van der Waals surface area contributed by atoms with Crippen LogP contribution >= 0.6 is 0 Å². The first kappa shape index (κ1) is 31.7. The van der Waals surface area contributed by atoms with Crippen molar-refractivity contribution in [3.05, 3.63) is 35.9 Å². The fourth-order valence-corrected chi connectivity index (χ4v) is 4.65. The van der Waals surface area contributed by atoms with Crippen LogP contribution in [0.15, 0.2) is 30.3 Å². The van der Waals surface area contributed by atoms with Crippen LogP contribution < -0.4 is 32.3 Å². The van der Waals surface area contributed by atoms with E-state index in [4.69, 9.17) is 5.73 Å². The van der Waals surface area contributed by atoms with E-state index < -0.39 is 6.04 Å². The minimum atomic E-state index is -0.652. The zero-order valence-electron chi connectivity index (χ0n) is 23.1. The van der Waals surface area contributed by atoms with Gasteiger partial charge in [0.1, 0.15) is 6.04 Å². The normalized spacial score (nSPS) is 14.6. The molecular formula is C29H50N6O3. The van der Waals surface area contributed by atoms with Crippen molar-refractivity contribution in [2.75, 3.05) is 45.8 Å². The smallest absolute Gasteiger partial charge is 0.242 e. The summed E-state index contributed by atoms with van der Waals surface area (Å²) >= 11 is 0. The number of rotatable bonds is 20. The third kappa shape index (κ3) is 14.4. The Bertz CT molecular complexity index is 786. The van der Waals surface area contributed by atoms with Crippen LogP contribution in [0.4, 0.5) is 0 Å². The molecule has 7 N–H and O–H groups in total. The van der Waals surface area contributed by atoms with Crippen LogP contribution in [0.5, 0.6) is 0 Å². The van der Waals surface area contributed by atoms with Gasteiger partial charge in [-0.15, -0.1) is 0 Å². The van der Waals surface area contributed by atoms with Gasteiger partial charge in [-0.2, -0.15) is 0 Å². The second kappa shape index (κ2) is 20.5. The second-order valence-electron chi connectivity index (χ2n) is 10.2. The molecule has 38 heavy (non-hydrogen) atoms. The number of carbonyl (C=O) groups is 3. The highest BCUT2D eigenvalue weighted by Crippen LogP contribution is 2.23. The maximum absolute atomic E-state index is 12.9. The topological polar surface area (TPSA) is 137 Å². The lowest BCUT2D eigenvalue weighted by molar-refractivity contribution is -0.132. The largest absolute Gasteiger partial charge is 0.356 e. The van der Waals surface area contributed by atoms with Crippen LogP contribution in [0.1, 0.15) is 69.8 Å². The van der Waals surface area contributed by atoms with Gasteiger partial charge in [0.2, 0.25) is 17.7 Å². The third-order valence-corrected chi connectivity index (χ3v) is 6.92. The van der Waals surface area contributed by atoms with Crippen molar-refractivity contribution in [1.82, 2.24) is 26.6 Å². The van der Waals surface area contributed by atoms with E-state index in [9.17, 15) is 14.4 Å². The van der Waals surface area contributed by atoms with Gasteiger partial charge in [-0.3, -0.25) is 14.4 Å². The Hall–Kier alpha value is -2.49. The molecule has 2 rings (SSSR count). The lowest BCUT2D eigenvalue weighted by Gasteiger charge is -2.24. The van der Waals surface area contributed by atoms with E-state index in [2.05, 4.69) is 26.6 Å². The van der Waals surface area contributed by atoms with Gasteiger partial charge in [0, 0.05) is 19.0 Å². The molecule has 1 fully saturated rings. The summed E-state index contributed by atoms with van der Waals surface area (Å²) in [5.41, 5.74) is 6.42. The van der Waals surface area contributed by atoms with Crippen LogP contribution in [0, 0.1) is 5.92 Å². The molecule has 1 aliphatic rings. The number of nitrogens with one attached hydrogen (secondary N) is 5. The highest BCUT2D eigenvalue weighted by Gasteiger charge is 2.26. The average Bonchev–Trinajstić information content (AvgIpc) is 2.94. The molecule has 0 aromatic heterocycles. The molecule has 0 unspecified atom stereocenters. The molecule has 1 atom stereocenters. The standard InChI is InChI=1S/C29H50N6O3/c30-16-9-19-31-17-7-8-18-32-20-10-21-34-29(38)26(35-28(37)25-13-5-2-6-14-25)15-22-33-27(36)23-24-11-3-1-4-12-24/h1,3-4,11-12,25-26,31-32H,2,5-10,13-23,30H2,(H,33,36)(H,34,38)(H,35,37)/t26-/m0/s1. The van der Waals surface area contributed by atoms with Crippen molar-refractivity contribution in [2.45, 2.75) is 76.7 Å². The average molecular weight is 531 g/mol. The van der Waals surface area contributed by atoms with Crippen molar-refractivity contribution in [1.29, 1.82) is 0 Å². The summed E-state index contributed by atoms with van der Waals surface area (Å²) < 4.78 is 0. The molecule has 1 aromatic carbocycles. The van der Waals surface area contributed by atoms with E-state index in [0.29, 0.717) is 25.9 Å². The van der Waals surface area contributed by atoms with Crippen molar-refractivity contribution in [2.24, 2.45) is 11.7 Å². The lowest BCUT2D eigenvalue weighted by Crippen LogP contribution is -2.50. The predicted octanol–water partition coefficient (Wildman–Crippen LogP) is 1.62. The molecule has 0 saturated heterocycles. The molecule has 1 aliphatic carbocycles. The number of carbonyl (C=O) groups excluding carboxylic acids is 3. The minimum Gasteiger partial charge on any atom is -0.356 e. The zero-order valence-corrected chi connectivity index (χ0v) is 23.1. The Balaban J connectivity index is 1.67. The summed E-state index contributed by atoms with van der Waals surface area (Å²) in [6, 6.07) is 8.90. The van der Waals surface area contributed by atoms with Gasteiger partial charge >= 0.3 is 0 Å². The number of nitrogens with two attached hydrogens (primary N) is 1. The van der Waals surface area contributed by atoms with E-state index in [-0.39, 0.29) is 23.6 Å². The van der Waals surface area contributed by atoms with Gasteiger partial charge in [-0.25, -0.2) is 0 Å². The Morgan fingerprint density at radius 1 is 0.789 bits per heavy atom. The molecule has 1 aromatic rings. The summed E-state index contributed by atoms with van der Waals surface area (Å²) in [6.45, 7) is 5.37. The van der Waals surface area contributed by atoms with Crippen molar-refractivity contribution >= 4 is 17.7 Å². The zero-order chi connectivity index (χ0) is 27.3. The summed E-state index contributed by atoms with van der Waals surface area (Å²) in [7, 11) is 0. The molecule has 0 radical (unpaired) electrons. The number of unbranched alkanes of at least 4 members (excludes halogenated alkanes) is 1. The first-order valence-electron chi connectivity index (χ1n) is 14.6. The van der Waals surface area contributed by atoms with Crippen molar-refractivity contribution in [3.63, 3.8) is 0 Å². The minimum absolute atomic E-state index is 0.0215. The lowest BCUT2D eigenvalue weighted by atomic mass is 9.88. The van der Waals surface area contributed by atoms with Gasteiger partial charge in [0.05, 0.1) is 6.42 Å². The molecule has 0 bridgehead atoms. The second-order valence-corrected chi connectivity index (χ2v) is 10.2. The fraction of sp³-hybridized carbons (Fsp3) is 0.690. The van der Waals surface area contributed by atoms with E-state index in [1.54, 1.807) is 0 Å². The summed E-state index contributed by atoms with van der Waals surface area (Å²) in [5, 5.41) is 15.6. The molecule has 0 spiro atoms. The molecule has 9 heteroatoms. The van der Waals surface area contributed by atoms with Gasteiger partial charge in [0.25, 0.3) is 0 Å². The van der Waals surface area contributed by atoms with E-state index in [1.165, 1.54) is 6.42 Å². The van der Waals surface area contributed by atoms with Crippen LogP contribution in [-0.4, -0.2) is 69.6 Å². The summed E-state index contributed by atoms with van der Waals surface area (Å²) in [5.74, 6) is -0.340. The van der Waals surface area contributed by atoms with E-state index in [1.807, 2.05) is 30.3 Å². The predicted molar refractivity (Wildman–Crippen MR) is 153 cm³/mol. The van der Waals surface area contributed by atoms with Crippen molar-refractivity contribution < 1.29 is 14.4 Å². The number of hydrogen-bond acceptors (Lipinski definition) is 6. The highest BCUT2D eigenvalue weighted by atomic mass is 16.2. The Kier molecular flexibility index (Phi) is 17.1. The molecule has 3 amide bonds. The third-order valence-electron chi connectivity index (χ3n) is 6.92. The van der Waals surface area contributed by atoms with Crippen LogP contribution in [0.3, 0.4) is 0 Å². The summed E-state index contributed by atoms with van der Waals surface area (Å²) in [4.78, 5) is 38.1. The molecule has 0 aliphatic heterocycles. The number of benzene rings is 1. The van der Waals surface area contributed by atoms with Gasteiger partial charge in [-0.05, 0) is 83.2 Å². The van der Waals surface area contributed by atoms with Gasteiger partial charge in [-0.1, -0.05) is 49.6 Å². The quantitative estimate of drug-likeness (QED) is 0.142. The van der Waals surface area contributed by atoms with Crippen LogP contribution in [0.2, 0.25) is 0 Å². The molecule has 9 nitrogen and oxygen atoms in total. The highest BCUT2D eigenvalue weighted by molar-refractivity contribution is 5.88. The number of hydrogen-bond donors (Lipinski definition) is 6. The number of amides is 3. The first-order chi connectivity index (χ1) is 18.6. The van der Waals surface area contributed by atoms with Gasteiger partial charge in [0.15, 0.2) is 0 Å². The Morgan fingerprint density at radius 3 is 2.13 bits per heavy atom. The van der Waals surface area contributed by atoms with E-state index in [0.717, 1.165) is 89.7 Å². The van der Waals surface area contributed by atoms with Gasteiger partial charge < -0.3 is 32.3 Å². The molecule has 0 heterocycles. The Labute approximate surface area is 228 Å².